The predicted molar refractivity (Wildman–Crippen MR) is 130 cm³/mol. The SMILES string of the molecule is CN=C(NCc1ccc(-n2cncn2)cc1)NCC1(c2ccccc2Br)CC1.I. The van der Waals surface area contributed by atoms with Crippen LogP contribution < -0.4 is 10.6 Å². The lowest BCUT2D eigenvalue weighted by molar-refractivity contribution is 0.643. The van der Waals surface area contributed by atoms with Crippen LogP contribution >= 0.6 is 39.9 Å². The molecule has 0 aliphatic heterocycles. The molecule has 152 valence electrons. The van der Waals surface area contributed by atoms with Gasteiger partial charge in [-0.25, -0.2) is 9.67 Å². The van der Waals surface area contributed by atoms with Crippen molar-refractivity contribution in [1.82, 2.24) is 25.4 Å². The number of guanidine groups is 1. The third-order valence-electron chi connectivity index (χ3n) is 5.20. The largest absolute Gasteiger partial charge is 0.356 e. The van der Waals surface area contributed by atoms with E-state index >= 15 is 0 Å². The molecule has 1 fully saturated rings. The molecule has 1 aromatic heterocycles. The van der Waals surface area contributed by atoms with Crippen molar-refractivity contribution in [2.45, 2.75) is 24.8 Å². The second-order valence-corrected chi connectivity index (χ2v) is 7.90. The van der Waals surface area contributed by atoms with Crippen LogP contribution in [0.2, 0.25) is 0 Å². The van der Waals surface area contributed by atoms with Gasteiger partial charge in [0, 0.05) is 30.0 Å². The van der Waals surface area contributed by atoms with Crippen molar-refractivity contribution in [3.8, 4) is 5.69 Å². The number of halogens is 2. The molecule has 1 aliphatic rings. The molecule has 0 radical (unpaired) electrons. The highest BCUT2D eigenvalue weighted by atomic mass is 127. The Morgan fingerprint density at radius 2 is 1.90 bits per heavy atom. The number of rotatable bonds is 6. The fourth-order valence-electron chi connectivity index (χ4n) is 3.35. The topological polar surface area (TPSA) is 67.1 Å². The summed E-state index contributed by atoms with van der Waals surface area (Å²) in [7, 11) is 1.81. The van der Waals surface area contributed by atoms with Crippen molar-refractivity contribution < 1.29 is 0 Å². The second-order valence-electron chi connectivity index (χ2n) is 7.05. The molecule has 2 N–H and O–H groups in total. The van der Waals surface area contributed by atoms with Crippen LogP contribution in [-0.2, 0) is 12.0 Å². The van der Waals surface area contributed by atoms with Crippen molar-refractivity contribution >= 4 is 45.9 Å². The number of aliphatic imine (C=N–C) groups is 1. The summed E-state index contributed by atoms with van der Waals surface area (Å²) >= 11 is 3.69. The van der Waals surface area contributed by atoms with Gasteiger partial charge in [-0.2, -0.15) is 5.10 Å². The third-order valence-corrected chi connectivity index (χ3v) is 5.89. The Morgan fingerprint density at radius 1 is 1.14 bits per heavy atom. The van der Waals surface area contributed by atoms with E-state index in [4.69, 9.17) is 0 Å². The molecule has 0 bridgehead atoms. The molecule has 8 heteroatoms. The fraction of sp³-hybridized carbons (Fsp3) is 0.286. The molecule has 0 saturated heterocycles. The highest BCUT2D eigenvalue weighted by molar-refractivity contribution is 14.0. The Kier molecular flexibility index (Phi) is 7.28. The zero-order chi connectivity index (χ0) is 19.4. The van der Waals surface area contributed by atoms with Crippen LogP contribution in [0, 0.1) is 0 Å². The highest BCUT2D eigenvalue weighted by Crippen LogP contribution is 2.49. The summed E-state index contributed by atoms with van der Waals surface area (Å²) in [6.07, 6.45) is 5.62. The van der Waals surface area contributed by atoms with Gasteiger partial charge in [0.25, 0.3) is 0 Å². The summed E-state index contributed by atoms with van der Waals surface area (Å²) in [6, 6.07) is 16.7. The van der Waals surface area contributed by atoms with Crippen LogP contribution in [0.5, 0.6) is 0 Å². The number of benzene rings is 2. The molecular formula is C21H24BrIN6. The van der Waals surface area contributed by atoms with Gasteiger partial charge in [-0.1, -0.05) is 46.3 Å². The predicted octanol–water partition coefficient (Wildman–Crippen LogP) is 4.04. The zero-order valence-electron chi connectivity index (χ0n) is 16.2. The number of nitrogens with zero attached hydrogens (tertiary/aromatic N) is 4. The van der Waals surface area contributed by atoms with Gasteiger partial charge in [-0.05, 0) is 42.2 Å². The summed E-state index contributed by atoms with van der Waals surface area (Å²) in [4.78, 5) is 8.35. The molecule has 3 aromatic rings. The van der Waals surface area contributed by atoms with Gasteiger partial charge in [0.05, 0.1) is 5.69 Å². The average Bonchev–Trinajstić information content (AvgIpc) is 3.31. The van der Waals surface area contributed by atoms with E-state index in [1.807, 2.05) is 12.1 Å². The van der Waals surface area contributed by atoms with Gasteiger partial charge < -0.3 is 10.6 Å². The van der Waals surface area contributed by atoms with E-state index in [0.29, 0.717) is 6.54 Å². The summed E-state index contributed by atoms with van der Waals surface area (Å²) in [5.41, 5.74) is 3.75. The van der Waals surface area contributed by atoms with Crippen LogP contribution in [0.3, 0.4) is 0 Å². The first-order valence-electron chi connectivity index (χ1n) is 9.34. The Balaban J connectivity index is 0.00000240. The van der Waals surface area contributed by atoms with E-state index in [-0.39, 0.29) is 29.4 Å². The van der Waals surface area contributed by atoms with Crippen molar-refractivity contribution in [2.24, 2.45) is 4.99 Å². The van der Waals surface area contributed by atoms with Crippen molar-refractivity contribution in [3.05, 3.63) is 76.8 Å². The lowest BCUT2D eigenvalue weighted by Crippen LogP contribution is -2.41. The minimum atomic E-state index is 0. The quantitative estimate of drug-likeness (QED) is 0.268. The molecule has 1 aliphatic carbocycles. The van der Waals surface area contributed by atoms with Crippen LogP contribution in [0.15, 0.2) is 70.7 Å². The Morgan fingerprint density at radius 3 is 2.52 bits per heavy atom. The standard InChI is InChI=1S/C21H23BrN6.HI/c1-23-20(26-13-21(10-11-21)18-4-2-3-5-19(18)22)25-12-16-6-8-17(9-7-16)28-15-24-14-27-28;/h2-9,14-15H,10-13H2,1H3,(H2,23,25,26);1H. The first kappa shape index (κ1) is 21.8. The van der Waals surface area contributed by atoms with Gasteiger partial charge in [-0.15, -0.1) is 24.0 Å². The van der Waals surface area contributed by atoms with Crippen molar-refractivity contribution in [1.29, 1.82) is 0 Å². The van der Waals surface area contributed by atoms with Gasteiger partial charge in [-0.3, -0.25) is 4.99 Å². The zero-order valence-corrected chi connectivity index (χ0v) is 20.1. The molecular weight excluding hydrogens is 543 g/mol. The van der Waals surface area contributed by atoms with E-state index in [0.717, 1.165) is 18.2 Å². The molecule has 0 unspecified atom stereocenters. The summed E-state index contributed by atoms with van der Waals surface area (Å²) < 4.78 is 2.93. The molecule has 1 saturated carbocycles. The van der Waals surface area contributed by atoms with Crippen LogP contribution in [0.4, 0.5) is 0 Å². The molecule has 0 atom stereocenters. The average molecular weight is 567 g/mol. The normalized spacial score (nSPS) is 14.8. The molecule has 4 rings (SSSR count). The van der Waals surface area contributed by atoms with Crippen molar-refractivity contribution in [2.75, 3.05) is 13.6 Å². The smallest absolute Gasteiger partial charge is 0.191 e. The van der Waals surface area contributed by atoms with E-state index < -0.39 is 0 Å². The first-order chi connectivity index (χ1) is 13.7. The van der Waals surface area contributed by atoms with E-state index in [9.17, 15) is 0 Å². The number of aromatic nitrogens is 3. The lowest BCUT2D eigenvalue weighted by atomic mass is 9.96. The fourth-order valence-corrected chi connectivity index (χ4v) is 4.06. The minimum Gasteiger partial charge on any atom is -0.356 e. The van der Waals surface area contributed by atoms with Gasteiger partial charge >= 0.3 is 0 Å². The van der Waals surface area contributed by atoms with E-state index in [2.05, 4.69) is 78.0 Å². The Labute approximate surface area is 196 Å². The summed E-state index contributed by atoms with van der Waals surface area (Å²) in [5.74, 6) is 0.818. The van der Waals surface area contributed by atoms with E-state index in [1.54, 1.807) is 18.1 Å². The lowest BCUT2D eigenvalue weighted by Gasteiger charge is -2.20. The van der Waals surface area contributed by atoms with E-state index in [1.165, 1.54) is 34.8 Å². The monoisotopic (exact) mass is 566 g/mol. The number of hydrogen-bond acceptors (Lipinski definition) is 3. The molecule has 6 nitrogen and oxygen atoms in total. The summed E-state index contributed by atoms with van der Waals surface area (Å²) in [5, 5.41) is 11.0. The van der Waals surface area contributed by atoms with Crippen molar-refractivity contribution in [3.63, 3.8) is 0 Å². The molecule has 1 heterocycles. The van der Waals surface area contributed by atoms with Crippen LogP contribution in [0.1, 0.15) is 24.0 Å². The second kappa shape index (κ2) is 9.71. The number of nitrogens with one attached hydrogen (secondary N) is 2. The summed E-state index contributed by atoms with van der Waals surface area (Å²) in [6.45, 7) is 1.58. The molecule has 29 heavy (non-hydrogen) atoms. The van der Waals surface area contributed by atoms with Crippen LogP contribution in [0.25, 0.3) is 5.69 Å². The van der Waals surface area contributed by atoms with Gasteiger partial charge in [0.15, 0.2) is 5.96 Å². The minimum absolute atomic E-state index is 0. The number of hydrogen-bond donors (Lipinski definition) is 2. The molecule has 2 aromatic carbocycles. The Hall–Kier alpha value is -1.94. The van der Waals surface area contributed by atoms with Gasteiger partial charge in [0.2, 0.25) is 0 Å². The Bertz CT molecular complexity index is 952. The molecule has 0 spiro atoms. The maximum Gasteiger partial charge on any atom is 0.191 e. The van der Waals surface area contributed by atoms with Gasteiger partial charge in [0.1, 0.15) is 12.7 Å². The maximum atomic E-state index is 4.37. The molecule has 0 amide bonds. The first-order valence-corrected chi connectivity index (χ1v) is 10.1. The third kappa shape index (κ3) is 5.16. The highest BCUT2D eigenvalue weighted by Gasteiger charge is 2.45. The maximum absolute atomic E-state index is 4.37. The van der Waals surface area contributed by atoms with Crippen LogP contribution in [-0.4, -0.2) is 34.3 Å².